The lowest BCUT2D eigenvalue weighted by Crippen LogP contribution is -2.25. The molecule has 5 heteroatoms. The number of hydrogen-bond acceptors (Lipinski definition) is 5. The standard InChI is InChI=1S/C13H23N3OS/c1-3-14-8-13-15-11(10-18-13)9-17-7-6-16(2)12-4-5-12/h10,12,14H,3-9H2,1-2H3. The van der Waals surface area contributed by atoms with E-state index in [1.165, 1.54) is 12.8 Å². The van der Waals surface area contributed by atoms with Gasteiger partial charge in [0, 0.05) is 24.5 Å². The molecule has 0 aliphatic heterocycles. The minimum atomic E-state index is 0.640. The second-order valence-corrected chi connectivity index (χ2v) is 5.72. The molecule has 1 saturated carbocycles. The van der Waals surface area contributed by atoms with Crippen LogP contribution in [0.15, 0.2) is 5.38 Å². The number of likely N-dealkylation sites (N-methyl/N-ethyl adjacent to an activating group) is 1. The minimum absolute atomic E-state index is 0.640. The van der Waals surface area contributed by atoms with Crippen molar-refractivity contribution in [3.8, 4) is 0 Å². The first kappa shape index (κ1) is 13.9. The van der Waals surface area contributed by atoms with Gasteiger partial charge in [0.1, 0.15) is 5.01 Å². The molecule has 1 aromatic heterocycles. The Balaban J connectivity index is 1.59. The predicted molar refractivity (Wildman–Crippen MR) is 74.8 cm³/mol. The monoisotopic (exact) mass is 269 g/mol. The van der Waals surface area contributed by atoms with Crippen LogP contribution in [0, 0.1) is 0 Å². The fourth-order valence-corrected chi connectivity index (χ4v) is 2.56. The predicted octanol–water partition coefficient (Wildman–Crippen LogP) is 1.86. The Morgan fingerprint density at radius 2 is 2.39 bits per heavy atom. The third kappa shape index (κ3) is 4.65. The van der Waals surface area contributed by atoms with Gasteiger partial charge in [0.25, 0.3) is 0 Å². The van der Waals surface area contributed by atoms with Gasteiger partial charge in [-0.2, -0.15) is 0 Å². The van der Waals surface area contributed by atoms with Crippen molar-refractivity contribution >= 4 is 11.3 Å². The van der Waals surface area contributed by atoms with E-state index in [4.69, 9.17) is 4.74 Å². The zero-order valence-corrected chi connectivity index (χ0v) is 12.1. The van der Waals surface area contributed by atoms with Crippen molar-refractivity contribution in [1.29, 1.82) is 0 Å². The number of nitrogens with one attached hydrogen (secondary N) is 1. The number of rotatable bonds is 9. The van der Waals surface area contributed by atoms with Gasteiger partial charge in [-0.1, -0.05) is 6.92 Å². The van der Waals surface area contributed by atoms with E-state index >= 15 is 0 Å². The maximum Gasteiger partial charge on any atom is 0.107 e. The van der Waals surface area contributed by atoms with Crippen LogP contribution in [0.1, 0.15) is 30.5 Å². The summed E-state index contributed by atoms with van der Waals surface area (Å²) in [7, 11) is 2.18. The Labute approximate surface area is 113 Å². The van der Waals surface area contributed by atoms with Gasteiger partial charge in [0.2, 0.25) is 0 Å². The molecule has 18 heavy (non-hydrogen) atoms. The molecule has 0 radical (unpaired) electrons. The molecule has 0 aromatic carbocycles. The molecule has 0 saturated heterocycles. The fourth-order valence-electron chi connectivity index (χ4n) is 1.81. The van der Waals surface area contributed by atoms with Crippen LogP contribution in [0.2, 0.25) is 0 Å². The zero-order chi connectivity index (χ0) is 12.8. The Morgan fingerprint density at radius 1 is 1.56 bits per heavy atom. The van der Waals surface area contributed by atoms with Crippen LogP contribution in [0.3, 0.4) is 0 Å². The summed E-state index contributed by atoms with van der Waals surface area (Å²) in [6.07, 6.45) is 2.72. The molecule has 2 rings (SSSR count). The lowest BCUT2D eigenvalue weighted by atomic mass is 10.5. The van der Waals surface area contributed by atoms with Crippen molar-refractivity contribution in [2.24, 2.45) is 0 Å². The molecule has 4 nitrogen and oxygen atoms in total. The van der Waals surface area contributed by atoms with Crippen molar-refractivity contribution in [2.45, 2.75) is 39.0 Å². The molecule has 0 amide bonds. The Bertz CT molecular complexity index is 352. The molecule has 1 fully saturated rings. The second-order valence-electron chi connectivity index (χ2n) is 4.78. The number of nitrogens with zero attached hydrogens (tertiary/aromatic N) is 2. The summed E-state index contributed by atoms with van der Waals surface area (Å²) in [5.74, 6) is 0. The van der Waals surface area contributed by atoms with E-state index in [1.54, 1.807) is 11.3 Å². The van der Waals surface area contributed by atoms with Crippen molar-refractivity contribution in [2.75, 3.05) is 26.7 Å². The Morgan fingerprint density at radius 3 is 3.11 bits per heavy atom. The quantitative estimate of drug-likeness (QED) is 0.694. The summed E-state index contributed by atoms with van der Waals surface area (Å²) < 4.78 is 5.67. The SMILES string of the molecule is CCNCc1nc(COCCN(C)C2CC2)cs1. The Kier molecular flexibility index (Phi) is 5.56. The summed E-state index contributed by atoms with van der Waals surface area (Å²) in [6, 6.07) is 0.819. The average molecular weight is 269 g/mol. The molecule has 1 aromatic rings. The average Bonchev–Trinajstić information content (AvgIpc) is 3.13. The smallest absolute Gasteiger partial charge is 0.107 e. The third-order valence-corrected chi connectivity index (χ3v) is 4.03. The summed E-state index contributed by atoms with van der Waals surface area (Å²) in [6.45, 7) is 6.42. The van der Waals surface area contributed by atoms with Crippen LogP contribution in [-0.4, -0.2) is 42.7 Å². The molecule has 0 unspecified atom stereocenters. The maximum atomic E-state index is 5.67. The van der Waals surface area contributed by atoms with Crippen molar-refractivity contribution in [3.05, 3.63) is 16.1 Å². The van der Waals surface area contributed by atoms with Gasteiger partial charge in [-0.15, -0.1) is 11.3 Å². The summed E-state index contributed by atoms with van der Waals surface area (Å²) >= 11 is 1.70. The van der Waals surface area contributed by atoms with Crippen LogP contribution in [0.25, 0.3) is 0 Å². The maximum absolute atomic E-state index is 5.67. The van der Waals surface area contributed by atoms with E-state index in [0.29, 0.717) is 6.61 Å². The number of ether oxygens (including phenoxy) is 1. The molecular formula is C13H23N3OS. The van der Waals surface area contributed by atoms with E-state index in [0.717, 1.165) is 43.0 Å². The van der Waals surface area contributed by atoms with E-state index < -0.39 is 0 Å². The van der Waals surface area contributed by atoms with Crippen molar-refractivity contribution < 1.29 is 4.74 Å². The summed E-state index contributed by atoms with van der Waals surface area (Å²) in [4.78, 5) is 6.92. The van der Waals surface area contributed by atoms with Crippen LogP contribution in [-0.2, 0) is 17.9 Å². The first-order valence-corrected chi connectivity index (χ1v) is 7.59. The first-order chi connectivity index (χ1) is 8.79. The molecular weight excluding hydrogens is 246 g/mol. The van der Waals surface area contributed by atoms with Gasteiger partial charge < -0.3 is 15.0 Å². The topological polar surface area (TPSA) is 37.4 Å². The van der Waals surface area contributed by atoms with Crippen molar-refractivity contribution in [1.82, 2.24) is 15.2 Å². The molecule has 0 spiro atoms. The van der Waals surface area contributed by atoms with Crippen LogP contribution in [0.5, 0.6) is 0 Å². The van der Waals surface area contributed by atoms with Crippen molar-refractivity contribution in [3.63, 3.8) is 0 Å². The van der Waals surface area contributed by atoms with E-state index in [2.05, 4.69) is 34.6 Å². The molecule has 0 bridgehead atoms. The fraction of sp³-hybridized carbons (Fsp3) is 0.769. The van der Waals surface area contributed by atoms with Crippen LogP contribution in [0.4, 0.5) is 0 Å². The first-order valence-electron chi connectivity index (χ1n) is 6.71. The van der Waals surface area contributed by atoms with Gasteiger partial charge >= 0.3 is 0 Å². The third-order valence-electron chi connectivity index (χ3n) is 3.13. The lowest BCUT2D eigenvalue weighted by molar-refractivity contribution is 0.0960. The molecule has 0 atom stereocenters. The number of aromatic nitrogens is 1. The zero-order valence-electron chi connectivity index (χ0n) is 11.3. The molecule has 1 N–H and O–H groups in total. The van der Waals surface area contributed by atoms with Gasteiger partial charge in [0.05, 0.1) is 18.9 Å². The lowest BCUT2D eigenvalue weighted by Gasteiger charge is -2.14. The highest BCUT2D eigenvalue weighted by Crippen LogP contribution is 2.24. The largest absolute Gasteiger partial charge is 0.374 e. The number of thiazole rings is 1. The highest BCUT2D eigenvalue weighted by Gasteiger charge is 2.25. The van der Waals surface area contributed by atoms with Crippen LogP contribution >= 0.6 is 11.3 Å². The molecule has 102 valence electrons. The van der Waals surface area contributed by atoms with Gasteiger partial charge in [-0.25, -0.2) is 4.98 Å². The molecule has 1 aliphatic rings. The molecule has 1 heterocycles. The van der Waals surface area contributed by atoms with Gasteiger partial charge in [0.15, 0.2) is 0 Å². The summed E-state index contributed by atoms with van der Waals surface area (Å²) in [5, 5.41) is 6.52. The highest BCUT2D eigenvalue weighted by atomic mass is 32.1. The normalized spacial score (nSPS) is 15.5. The molecule has 1 aliphatic carbocycles. The Hall–Kier alpha value is -0.490. The van der Waals surface area contributed by atoms with E-state index in [9.17, 15) is 0 Å². The van der Waals surface area contributed by atoms with Crippen LogP contribution < -0.4 is 5.32 Å². The van der Waals surface area contributed by atoms with E-state index in [-0.39, 0.29) is 0 Å². The number of hydrogen-bond donors (Lipinski definition) is 1. The van der Waals surface area contributed by atoms with Gasteiger partial charge in [-0.3, -0.25) is 0 Å². The second kappa shape index (κ2) is 7.19. The highest BCUT2D eigenvalue weighted by molar-refractivity contribution is 7.09. The van der Waals surface area contributed by atoms with Gasteiger partial charge in [-0.05, 0) is 26.4 Å². The van der Waals surface area contributed by atoms with E-state index in [1.807, 2.05) is 0 Å². The summed E-state index contributed by atoms with van der Waals surface area (Å²) in [5.41, 5.74) is 1.06. The minimum Gasteiger partial charge on any atom is -0.374 e.